The van der Waals surface area contributed by atoms with Crippen molar-refractivity contribution >= 4 is 15.2 Å². The van der Waals surface area contributed by atoms with Gasteiger partial charge in [-0.1, -0.05) is 0 Å². The Morgan fingerprint density at radius 3 is 1.02 bits per heavy atom. The van der Waals surface area contributed by atoms with Gasteiger partial charge >= 0.3 is 344 Å². The quantitative estimate of drug-likeness (QED) is 0.0998. The topological polar surface area (TPSA) is 128 Å². The van der Waals surface area contributed by atoms with Gasteiger partial charge < -0.3 is 0 Å². The summed E-state index contributed by atoms with van der Waals surface area (Å²) in [5.41, 5.74) is 0.666. The van der Waals surface area contributed by atoms with E-state index in [0.29, 0.717) is 22.3 Å². The van der Waals surface area contributed by atoms with E-state index in [4.69, 9.17) is 36.6 Å². The number of hydrogen-bond acceptors (Lipinski definition) is 12. The van der Waals surface area contributed by atoms with Crippen molar-refractivity contribution in [3.63, 3.8) is 0 Å². The first kappa shape index (κ1) is 42.4. The van der Waals surface area contributed by atoms with E-state index in [1.807, 2.05) is 173 Å². The van der Waals surface area contributed by atoms with Crippen LogP contribution in [0.15, 0.2) is 109 Å². The minimum absolute atomic E-state index is 0.0227. The summed E-state index contributed by atoms with van der Waals surface area (Å²) in [5, 5.41) is 24.0. The molecule has 0 N–H and O–H groups in total. The van der Waals surface area contributed by atoms with Gasteiger partial charge in [0.05, 0.1) is 0 Å². The van der Waals surface area contributed by atoms with E-state index >= 15 is 0 Å². The molecule has 4 aromatic carbocycles. The van der Waals surface area contributed by atoms with Gasteiger partial charge in [0.2, 0.25) is 0 Å². The van der Waals surface area contributed by atoms with Crippen molar-refractivity contribution in [2.45, 2.75) is 78.0 Å². The Bertz CT molecular complexity index is 2020. The van der Waals surface area contributed by atoms with Crippen molar-refractivity contribution in [1.29, 1.82) is 10.5 Å². The third-order valence-corrected chi connectivity index (χ3v) is 22.4. The summed E-state index contributed by atoms with van der Waals surface area (Å²) >= 11 is 0. The second-order valence-electron chi connectivity index (χ2n) is 14.2. The predicted octanol–water partition coefficient (Wildman–Crippen LogP) is 10.1. The van der Waals surface area contributed by atoms with Crippen LogP contribution >= 0.6 is 15.2 Å². The molecule has 0 spiro atoms. The van der Waals surface area contributed by atoms with Crippen LogP contribution in [0.3, 0.4) is 0 Å². The van der Waals surface area contributed by atoms with Crippen LogP contribution < -0.4 is 0 Å². The summed E-state index contributed by atoms with van der Waals surface area (Å²) in [6.45, 7) is 15.2. The Kier molecular flexibility index (Phi) is 11.0. The maximum atomic E-state index is 12.0. The molecular formula is C44H54N4O8P2. The second kappa shape index (κ2) is 15.1. The first-order valence-electron chi connectivity index (χ1n) is 20.0. The van der Waals surface area contributed by atoms with Gasteiger partial charge in [-0.05, 0) is 0 Å². The van der Waals surface area contributed by atoms with Crippen LogP contribution in [0.25, 0.3) is 0 Å². The summed E-state index contributed by atoms with van der Waals surface area (Å²) in [7, 11) is -11.1. The Labute approximate surface area is 342 Å². The third kappa shape index (κ3) is 4.98. The molecule has 3 heterocycles. The van der Waals surface area contributed by atoms with Crippen molar-refractivity contribution in [1.82, 2.24) is 8.88 Å². The van der Waals surface area contributed by atoms with Crippen molar-refractivity contribution in [2.24, 2.45) is 0 Å². The minimum atomic E-state index is -5.55. The normalized spacial score (nSPS) is 30.2. The molecule has 12 nitrogen and oxygen atoms in total. The van der Waals surface area contributed by atoms with E-state index in [-0.39, 0.29) is 39.6 Å². The van der Waals surface area contributed by atoms with Crippen molar-refractivity contribution in [3.8, 4) is 12.1 Å². The van der Waals surface area contributed by atoms with E-state index in [1.54, 1.807) is 0 Å². The van der Waals surface area contributed by atoms with Crippen molar-refractivity contribution in [3.05, 3.63) is 143 Å². The summed E-state index contributed by atoms with van der Waals surface area (Å²) in [6.07, 6.45) is 0. The molecule has 3 aliphatic heterocycles. The average molecular weight is 829 g/mol. The average Bonchev–Trinajstić information content (AvgIpc) is 3.57. The molecule has 0 radical (unpaired) electrons. The van der Waals surface area contributed by atoms with Crippen LogP contribution in [0.4, 0.5) is 0 Å². The Balaban J connectivity index is 1.85. The number of ether oxygens (including phenoxy) is 2. The van der Waals surface area contributed by atoms with Gasteiger partial charge in [-0.2, -0.15) is 0 Å². The Hall–Kier alpha value is -3.68. The molecule has 4 atom stereocenters. The van der Waals surface area contributed by atoms with Crippen LogP contribution in [0.2, 0.25) is 0 Å². The zero-order valence-corrected chi connectivity index (χ0v) is 36.4. The van der Waals surface area contributed by atoms with Crippen LogP contribution in [0, 0.1) is 36.5 Å². The molecule has 14 heteroatoms. The summed E-state index contributed by atoms with van der Waals surface area (Å²) in [4.78, 5) is 0. The number of rotatable bonds is 16. The van der Waals surface area contributed by atoms with Gasteiger partial charge in [-0.15, -0.1) is 0 Å². The molecule has 3 fully saturated rings. The van der Waals surface area contributed by atoms with E-state index in [9.17, 15) is 10.5 Å². The molecule has 0 aliphatic carbocycles. The van der Waals surface area contributed by atoms with E-state index in [1.165, 1.54) is 0 Å². The molecule has 0 aromatic heterocycles. The first-order valence-corrected chi connectivity index (χ1v) is 23.8. The zero-order valence-electron chi connectivity index (χ0n) is 34.6. The molecule has 4 aromatic rings. The first-order chi connectivity index (χ1) is 28.0. The molecule has 0 bridgehead atoms. The molecule has 58 heavy (non-hydrogen) atoms. The predicted molar refractivity (Wildman–Crippen MR) is 223 cm³/mol. The van der Waals surface area contributed by atoms with Gasteiger partial charge in [0.25, 0.3) is 0 Å². The Morgan fingerprint density at radius 1 is 0.466 bits per heavy atom. The fourth-order valence-electron chi connectivity index (χ4n) is 9.56. The number of fused-ring (bicyclic) bond motifs is 4. The van der Waals surface area contributed by atoms with E-state index < -0.39 is 37.8 Å². The summed E-state index contributed by atoms with van der Waals surface area (Å²) < 4.78 is 62.3. The fourth-order valence-corrected chi connectivity index (χ4v) is 24.1. The molecular weight excluding hydrogens is 774 g/mol. The summed E-state index contributed by atoms with van der Waals surface area (Å²) in [6, 6.07) is 39.8. The number of benzene rings is 4. The van der Waals surface area contributed by atoms with Crippen molar-refractivity contribution in [2.75, 3.05) is 39.6 Å². The third-order valence-electron chi connectivity index (χ3n) is 11.1. The van der Waals surface area contributed by atoms with Gasteiger partial charge in [0.15, 0.2) is 0 Å². The van der Waals surface area contributed by atoms with Crippen molar-refractivity contribution < 1.29 is 36.6 Å². The van der Waals surface area contributed by atoms with E-state index in [2.05, 4.69) is 12.1 Å². The molecule has 0 amide bonds. The standard InChI is InChI=1S/C44H54N4O8P2/c1-9-49-41(33-45)43(37-21-17-15-18-22-37,39-29-25-35(7)26-30-39)47-57(55-41,51-11-3,52-12-4)48-44(38-23-19-16-20-24-38,40-31-27-36(8)28-32-40)42(34-46,50-10-2)56-58(47,48,53-13-5)54-14-6/h15-32H,9-14H2,1-8H3. The number of aryl methyl sites for hydroxylation is 2. The molecule has 3 aliphatic rings. The van der Waals surface area contributed by atoms with Crippen LogP contribution in [0.1, 0.15) is 74.9 Å². The molecule has 0 saturated carbocycles. The summed E-state index contributed by atoms with van der Waals surface area (Å²) in [5.74, 6) is -4.46. The van der Waals surface area contributed by atoms with Crippen LogP contribution in [-0.2, 0) is 47.7 Å². The Morgan fingerprint density at radius 2 is 0.759 bits per heavy atom. The van der Waals surface area contributed by atoms with Gasteiger partial charge in [0.1, 0.15) is 0 Å². The van der Waals surface area contributed by atoms with Crippen LogP contribution in [-0.4, -0.2) is 60.1 Å². The maximum absolute atomic E-state index is 12.0. The molecule has 4 unspecified atom stereocenters. The van der Waals surface area contributed by atoms with Gasteiger partial charge in [-0.25, -0.2) is 0 Å². The molecule has 7 rings (SSSR count). The number of nitriles is 2. The molecule has 3 saturated heterocycles. The SMILES string of the molecule is CCOC1(C#N)OP2(OCC)(OCC)N(C1(c1ccccc1)c1ccc(C)cc1)P1(OCC)(OCC)OC(C#N)(OCC)C(c3ccccc3)(c3ccc(C)cc3)N21. The fraction of sp³-hybridized carbons (Fsp3) is 0.409. The molecule has 308 valence electrons. The van der Waals surface area contributed by atoms with Gasteiger partial charge in [-0.3, -0.25) is 0 Å². The van der Waals surface area contributed by atoms with Gasteiger partial charge in [0, 0.05) is 0 Å². The number of hydrogen-bond donors (Lipinski definition) is 0. The number of nitrogens with zero attached hydrogens (tertiary/aromatic N) is 4. The zero-order chi connectivity index (χ0) is 41.6. The van der Waals surface area contributed by atoms with E-state index in [0.717, 1.165) is 11.1 Å². The second-order valence-corrected chi connectivity index (χ2v) is 21.1. The van der Waals surface area contributed by atoms with Crippen LogP contribution in [0.5, 0.6) is 0 Å². The monoisotopic (exact) mass is 828 g/mol.